The van der Waals surface area contributed by atoms with E-state index in [4.69, 9.17) is 4.74 Å². The third-order valence-electron chi connectivity index (χ3n) is 2.87. The van der Waals surface area contributed by atoms with Crippen molar-refractivity contribution in [2.24, 2.45) is 13.0 Å². The van der Waals surface area contributed by atoms with Crippen molar-refractivity contribution in [2.75, 3.05) is 12.4 Å². The molecule has 0 aliphatic heterocycles. The van der Waals surface area contributed by atoms with Crippen molar-refractivity contribution in [1.29, 1.82) is 0 Å². The largest absolute Gasteiger partial charge is 0.467 e. The second kappa shape index (κ2) is 4.15. The summed E-state index contributed by atoms with van der Waals surface area (Å²) in [5.41, 5.74) is 1.81. The molecule has 1 aromatic heterocycles. The van der Waals surface area contributed by atoms with Gasteiger partial charge in [-0.15, -0.1) is 0 Å². The van der Waals surface area contributed by atoms with E-state index < -0.39 is 0 Å². The molecular formula is C11H17N3O2. The predicted molar refractivity (Wildman–Crippen MR) is 60.1 cm³/mol. The number of esters is 1. The molecule has 2 rings (SSSR count). The van der Waals surface area contributed by atoms with Crippen LogP contribution in [0.1, 0.15) is 18.5 Å². The summed E-state index contributed by atoms with van der Waals surface area (Å²) in [6.07, 6.45) is 4.06. The lowest BCUT2D eigenvalue weighted by molar-refractivity contribution is -0.142. The number of anilines is 1. The van der Waals surface area contributed by atoms with E-state index in [1.54, 1.807) is 4.68 Å². The van der Waals surface area contributed by atoms with Crippen LogP contribution in [0.2, 0.25) is 0 Å². The summed E-state index contributed by atoms with van der Waals surface area (Å²) in [4.78, 5) is 11.6. The molecule has 1 N–H and O–H groups in total. The van der Waals surface area contributed by atoms with Crippen LogP contribution in [0.3, 0.4) is 0 Å². The Morgan fingerprint density at radius 2 is 2.38 bits per heavy atom. The normalized spacial score (nSPS) is 16.9. The van der Waals surface area contributed by atoms with E-state index in [9.17, 15) is 4.79 Å². The van der Waals surface area contributed by atoms with Crippen LogP contribution in [0.5, 0.6) is 0 Å². The number of nitrogens with zero attached hydrogens (tertiary/aromatic N) is 2. The van der Waals surface area contributed by atoms with Gasteiger partial charge in [-0.3, -0.25) is 4.68 Å². The van der Waals surface area contributed by atoms with Gasteiger partial charge >= 0.3 is 5.97 Å². The van der Waals surface area contributed by atoms with Crippen LogP contribution < -0.4 is 5.32 Å². The topological polar surface area (TPSA) is 56.1 Å². The zero-order valence-electron chi connectivity index (χ0n) is 9.86. The van der Waals surface area contributed by atoms with Crippen LogP contribution in [0, 0.1) is 12.8 Å². The van der Waals surface area contributed by atoms with Gasteiger partial charge in [-0.1, -0.05) is 0 Å². The second-order valence-corrected chi connectivity index (χ2v) is 4.28. The van der Waals surface area contributed by atoms with Gasteiger partial charge in [0.05, 0.1) is 18.5 Å². The summed E-state index contributed by atoms with van der Waals surface area (Å²) < 4.78 is 6.54. The highest BCUT2D eigenvalue weighted by molar-refractivity contribution is 5.80. The highest BCUT2D eigenvalue weighted by atomic mass is 16.5. The average Bonchev–Trinajstić information content (AvgIpc) is 3.02. The molecule has 1 unspecified atom stereocenters. The fourth-order valence-electron chi connectivity index (χ4n) is 1.83. The smallest absolute Gasteiger partial charge is 0.328 e. The Bertz CT molecular complexity index is 396. The number of rotatable bonds is 4. The molecule has 1 fully saturated rings. The van der Waals surface area contributed by atoms with Gasteiger partial charge in [-0.2, -0.15) is 5.10 Å². The van der Waals surface area contributed by atoms with E-state index in [1.807, 2.05) is 20.2 Å². The van der Waals surface area contributed by atoms with Crippen molar-refractivity contribution in [3.05, 3.63) is 11.9 Å². The second-order valence-electron chi connectivity index (χ2n) is 4.28. The zero-order chi connectivity index (χ0) is 11.7. The fourth-order valence-corrected chi connectivity index (χ4v) is 1.83. The molecule has 1 heterocycles. The van der Waals surface area contributed by atoms with Crippen molar-refractivity contribution in [1.82, 2.24) is 9.78 Å². The van der Waals surface area contributed by atoms with Crippen molar-refractivity contribution >= 4 is 11.7 Å². The molecule has 1 atom stereocenters. The van der Waals surface area contributed by atoms with Gasteiger partial charge in [-0.25, -0.2) is 4.79 Å². The molecule has 1 aliphatic rings. The Hall–Kier alpha value is -1.52. The van der Waals surface area contributed by atoms with E-state index >= 15 is 0 Å². The fraction of sp³-hybridized carbons (Fsp3) is 0.636. The molecule has 0 saturated heterocycles. The molecule has 0 aromatic carbocycles. The number of carbonyl (C=O) groups excluding carboxylic acids is 1. The van der Waals surface area contributed by atoms with Crippen molar-refractivity contribution in [2.45, 2.75) is 25.8 Å². The number of ether oxygens (including phenoxy) is 1. The first-order valence-corrected chi connectivity index (χ1v) is 5.46. The Morgan fingerprint density at radius 1 is 1.69 bits per heavy atom. The average molecular weight is 223 g/mol. The Balaban J connectivity index is 2.11. The van der Waals surface area contributed by atoms with Gasteiger partial charge in [0, 0.05) is 13.2 Å². The first-order valence-electron chi connectivity index (χ1n) is 5.46. The SMILES string of the molecule is COC(=O)C(Nc1cn(C)nc1C)C1CC1. The van der Waals surface area contributed by atoms with E-state index in [-0.39, 0.29) is 12.0 Å². The van der Waals surface area contributed by atoms with E-state index in [0.717, 1.165) is 24.2 Å². The lowest BCUT2D eigenvalue weighted by atomic mass is 10.2. The summed E-state index contributed by atoms with van der Waals surface area (Å²) in [6.45, 7) is 1.92. The van der Waals surface area contributed by atoms with Gasteiger partial charge in [0.25, 0.3) is 0 Å². The van der Waals surface area contributed by atoms with Crippen LogP contribution in [0.25, 0.3) is 0 Å². The third kappa shape index (κ3) is 2.18. The zero-order valence-corrected chi connectivity index (χ0v) is 9.86. The minimum atomic E-state index is -0.229. The molecule has 1 saturated carbocycles. The molecule has 5 nitrogen and oxygen atoms in total. The Labute approximate surface area is 94.8 Å². The highest BCUT2D eigenvalue weighted by Gasteiger charge is 2.37. The van der Waals surface area contributed by atoms with Crippen LogP contribution in [0.15, 0.2) is 6.20 Å². The van der Waals surface area contributed by atoms with Crippen LogP contribution in [0.4, 0.5) is 5.69 Å². The first-order chi connectivity index (χ1) is 7.61. The number of hydrogen-bond donors (Lipinski definition) is 1. The van der Waals surface area contributed by atoms with Crippen LogP contribution >= 0.6 is 0 Å². The highest BCUT2D eigenvalue weighted by Crippen LogP contribution is 2.35. The van der Waals surface area contributed by atoms with Gasteiger partial charge in [0.15, 0.2) is 0 Å². The summed E-state index contributed by atoms with van der Waals surface area (Å²) in [5.74, 6) is 0.220. The van der Waals surface area contributed by atoms with E-state index in [0.29, 0.717) is 5.92 Å². The quantitative estimate of drug-likeness (QED) is 0.776. The predicted octanol–water partition coefficient (Wildman–Crippen LogP) is 1.09. The van der Waals surface area contributed by atoms with Gasteiger partial charge in [-0.05, 0) is 25.7 Å². The van der Waals surface area contributed by atoms with Gasteiger partial charge in [0.2, 0.25) is 0 Å². The minimum Gasteiger partial charge on any atom is -0.467 e. The molecule has 1 aliphatic carbocycles. The number of aryl methyl sites for hydroxylation is 2. The molecular weight excluding hydrogens is 206 g/mol. The minimum absolute atomic E-state index is 0.189. The van der Waals surface area contributed by atoms with Crippen molar-refractivity contribution < 1.29 is 9.53 Å². The van der Waals surface area contributed by atoms with E-state index in [2.05, 4.69) is 10.4 Å². The summed E-state index contributed by atoms with van der Waals surface area (Å²) in [5, 5.41) is 7.45. The molecule has 0 radical (unpaired) electrons. The maximum Gasteiger partial charge on any atom is 0.328 e. The van der Waals surface area contributed by atoms with Crippen molar-refractivity contribution in [3.8, 4) is 0 Å². The first kappa shape index (κ1) is 11.0. The molecule has 5 heteroatoms. The monoisotopic (exact) mass is 223 g/mol. The number of carbonyl (C=O) groups is 1. The summed E-state index contributed by atoms with van der Waals surface area (Å²) in [6, 6.07) is -0.229. The molecule has 88 valence electrons. The molecule has 0 spiro atoms. The van der Waals surface area contributed by atoms with Crippen LogP contribution in [-0.2, 0) is 16.6 Å². The van der Waals surface area contributed by atoms with E-state index in [1.165, 1.54) is 7.11 Å². The lowest BCUT2D eigenvalue weighted by Gasteiger charge is -2.15. The molecule has 1 aromatic rings. The molecule has 0 bridgehead atoms. The third-order valence-corrected chi connectivity index (χ3v) is 2.87. The standard InChI is InChI=1S/C11H17N3O2/c1-7-9(6-14(2)13-7)12-10(8-4-5-8)11(15)16-3/h6,8,10,12H,4-5H2,1-3H3. The molecule has 16 heavy (non-hydrogen) atoms. The maximum absolute atomic E-state index is 11.6. The number of aromatic nitrogens is 2. The van der Waals surface area contributed by atoms with Gasteiger partial charge < -0.3 is 10.1 Å². The van der Waals surface area contributed by atoms with Crippen molar-refractivity contribution in [3.63, 3.8) is 0 Å². The number of nitrogens with one attached hydrogen (secondary N) is 1. The summed E-state index contributed by atoms with van der Waals surface area (Å²) >= 11 is 0. The van der Waals surface area contributed by atoms with Crippen LogP contribution in [-0.4, -0.2) is 28.9 Å². The maximum atomic E-state index is 11.6. The molecule has 0 amide bonds. The number of methoxy groups -OCH3 is 1. The Morgan fingerprint density at radius 3 is 2.81 bits per heavy atom. The lowest BCUT2D eigenvalue weighted by Crippen LogP contribution is -2.32. The number of hydrogen-bond acceptors (Lipinski definition) is 4. The summed E-state index contributed by atoms with van der Waals surface area (Å²) in [7, 11) is 3.29. The Kier molecular flexibility index (Phi) is 2.85. The van der Waals surface area contributed by atoms with Gasteiger partial charge in [0.1, 0.15) is 6.04 Å².